The molecule has 0 saturated heterocycles. The van der Waals surface area contributed by atoms with E-state index in [1.165, 1.54) is 0 Å². The number of nitrogens with zero attached hydrogens (tertiary/aromatic N) is 1. The van der Waals surface area contributed by atoms with E-state index in [0.29, 0.717) is 23.8 Å². The Labute approximate surface area is 140 Å². The minimum absolute atomic E-state index is 0.0939. The molecule has 1 saturated carbocycles. The van der Waals surface area contributed by atoms with Crippen LogP contribution in [0.5, 0.6) is 0 Å². The first-order valence-corrected chi connectivity index (χ1v) is 8.02. The fourth-order valence-electron chi connectivity index (χ4n) is 2.40. The molecule has 0 aliphatic heterocycles. The van der Waals surface area contributed by atoms with E-state index < -0.39 is 0 Å². The molecule has 0 bridgehead atoms. The van der Waals surface area contributed by atoms with E-state index in [1.54, 1.807) is 30.5 Å². The van der Waals surface area contributed by atoms with Gasteiger partial charge in [0, 0.05) is 17.3 Å². The molecule has 24 heavy (non-hydrogen) atoms. The molecule has 1 fully saturated rings. The van der Waals surface area contributed by atoms with Gasteiger partial charge in [0.05, 0.1) is 19.4 Å². The number of carbonyl (C=O) groups is 2. The summed E-state index contributed by atoms with van der Waals surface area (Å²) in [5.41, 5.74) is 1.18. The first-order chi connectivity index (χ1) is 11.6. The normalized spacial score (nSPS) is 13.8. The number of furan rings is 1. The number of benzene rings is 1. The van der Waals surface area contributed by atoms with Gasteiger partial charge in [-0.05, 0) is 50.2 Å². The summed E-state index contributed by atoms with van der Waals surface area (Å²) in [6.07, 6.45) is 3.70. The fraction of sp³-hybridized carbons (Fsp3) is 0.333. The van der Waals surface area contributed by atoms with E-state index in [0.717, 1.165) is 18.6 Å². The van der Waals surface area contributed by atoms with Gasteiger partial charge in [0.1, 0.15) is 5.76 Å². The molecule has 1 aliphatic rings. The van der Waals surface area contributed by atoms with Crippen LogP contribution in [-0.4, -0.2) is 36.3 Å². The van der Waals surface area contributed by atoms with E-state index in [4.69, 9.17) is 4.42 Å². The number of rotatable bonds is 7. The zero-order chi connectivity index (χ0) is 16.9. The van der Waals surface area contributed by atoms with E-state index in [2.05, 4.69) is 10.6 Å². The standard InChI is InChI=1S/C18H21N3O3/c1-21(11-16-6-3-9-24-16)12-17(22)19-15-5-2-4-13(10-15)18(23)20-14-7-8-14/h2-6,9-10,14H,7-8,11-12H2,1H3,(H,19,22)(H,20,23). The van der Waals surface area contributed by atoms with Crippen molar-refractivity contribution < 1.29 is 14.0 Å². The van der Waals surface area contributed by atoms with Crippen molar-refractivity contribution in [2.24, 2.45) is 0 Å². The maximum atomic E-state index is 12.1. The summed E-state index contributed by atoms with van der Waals surface area (Å²) in [6, 6.07) is 11.0. The van der Waals surface area contributed by atoms with Crippen molar-refractivity contribution in [1.29, 1.82) is 0 Å². The Morgan fingerprint density at radius 3 is 2.79 bits per heavy atom. The second-order valence-electron chi connectivity index (χ2n) is 6.13. The topological polar surface area (TPSA) is 74.6 Å². The molecule has 2 aromatic rings. The zero-order valence-corrected chi connectivity index (χ0v) is 13.6. The molecule has 1 aromatic heterocycles. The molecule has 0 radical (unpaired) electrons. The van der Waals surface area contributed by atoms with Gasteiger partial charge in [0.25, 0.3) is 5.91 Å². The average Bonchev–Trinajstić information content (AvgIpc) is 3.21. The lowest BCUT2D eigenvalue weighted by Gasteiger charge is -2.15. The van der Waals surface area contributed by atoms with Crippen LogP contribution in [0.4, 0.5) is 5.69 Å². The van der Waals surface area contributed by atoms with Crippen LogP contribution >= 0.6 is 0 Å². The van der Waals surface area contributed by atoms with E-state index in [9.17, 15) is 9.59 Å². The summed E-state index contributed by atoms with van der Waals surface area (Å²) < 4.78 is 5.26. The molecule has 0 unspecified atom stereocenters. The Morgan fingerprint density at radius 1 is 1.25 bits per heavy atom. The third-order valence-electron chi connectivity index (χ3n) is 3.74. The van der Waals surface area contributed by atoms with Crippen LogP contribution in [0.25, 0.3) is 0 Å². The highest BCUT2D eigenvalue weighted by molar-refractivity contribution is 5.97. The van der Waals surface area contributed by atoms with Crippen molar-refractivity contribution in [3.63, 3.8) is 0 Å². The summed E-state index contributed by atoms with van der Waals surface area (Å²) in [5.74, 6) is 0.580. The van der Waals surface area contributed by atoms with Gasteiger partial charge in [-0.2, -0.15) is 0 Å². The van der Waals surface area contributed by atoms with Gasteiger partial charge in [-0.15, -0.1) is 0 Å². The largest absolute Gasteiger partial charge is 0.468 e. The Balaban J connectivity index is 1.52. The Kier molecular flexibility index (Phi) is 4.96. The minimum Gasteiger partial charge on any atom is -0.468 e. The summed E-state index contributed by atoms with van der Waals surface area (Å²) in [7, 11) is 1.85. The minimum atomic E-state index is -0.135. The van der Waals surface area contributed by atoms with Crippen molar-refractivity contribution in [1.82, 2.24) is 10.2 Å². The monoisotopic (exact) mass is 327 g/mol. The van der Waals surface area contributed by atoms with Gasteiger partial charge in [0.2, 0.25) is 5.91 Å². The fourth-order valence-corrected chi connectivity index (χ4v) is 2.40. The molecule has 3 rings (SSSR count). The molecule has 6 heteroatoms. The highest BCUT2D eigenvalue weighted by atomic mass is 16.3. The van der Waals surface area contributed by atoms with E-state index in [1.807, 2.05) is 24.1 Å². The molecule has 1 aromatic carbocycles. The van der Waals surface area contributed by atoms with Crippen LogP contribution in [0.15, 0.2) is 47.1 Å². The van der Waals surface area contributed by atoms with Crippen molar-refractivity contribution in [2.75, 3.05) is 18.9 Å². The van der Waals surface area contributed by atoms with Crippen LogP contribution in [0.1, 0.15) is 29.0 Å². The smallest absolute Gasteiger partial charge is 0.251 e. The second-order valence-corrected chi connectivity index (χ2v) is 6.13. The van der Waals surface area contributed by atoms with Crippen LogP contribution < -0.4 is 10.6 Å². The Morgan fingerprint density at radius 2 is 2.08 bits per heavy atom. The highest BCUT2D eigenvalue weighted by Gasteiger charge is 2.23. The van der Waals surface area contributed by atoms with Gasteiger partial charge in [-0.25, -0.2) is 0 Å². The third kappa shape index (κ3) is 4.70. The predicted molar refractivity (Wildman–Crippen MR) is 90.6 cm³/mol. The molecule has 2 N–H and O–H groups in total. The molecule has 126 valence electrons. The molecule has 0 spiro atoms. The van der Waals surface area contributed by atoms with Crippen LogP contribution in [0, 0.1) is 0 Å². The summed E-state index contributed by atoms with van der Waals surface area (Å²) >= 11 is 0. The van der Waals surface area contributed by atoms with E-state index in [-0.39, 0.29) is 18.4 Å². The summed E-state index contributed by atoms with van der Waals surface area (Å²) in [6.45, 7) is 0.795. The van der Waals surface area contributed by atoms with Crippen LogP contribution in [0.2, 0.25) is 0 Å². The number of hydrogen-bond donors (Lipinski definition) is 2. The SMILES string of the molecule is CN(CC(=O)Nc1cccc(C(=O)NC2CC2)c1)Cc1ccco1. The number of nitrogens with one attached hydrogen (secondary N) is 2. The molecular weight excluding hydrogens is 306 g/mol. The first-order valence-electron chi connectivity index (χ1n) is 8.02. The van der Waals surface area contributed by atoms with Crippen molar-refractivity contribution in [2.45, 2.75) is 25.4 Å². The lowest BCUT2D eigenvalue weighted by molar-refractivity contribution is -0.117. The maximum Gasteiger partial charge on any atom is 0.251 e. The van der Waals surface area contributed by atoms with Crippen molar-refractivity contribution in [3.05, 3.63) is 54.0 Å². The zero-order valence-electron chi connectivity index (χ0n) is 13.6. The summed E-state index contributed by atoms with van der Waals surface area (Å²) in [4.78, 5) is 26.0. The van der Waals surface area contributed by atoms with Gasteiger partial charge >= 0.3 is 0 Å². The van der Waals surface area contributed by atoms with Gasteiger partial charge in [-0.3, -0.25) is 14.5 Å². The van der Waals surface area contributed by atoms with Crippen molar-refractivity contribution in [3.8, 4) is 0 Å². The third-order valence-corrected chi connectivity index (χ3v) is 3.74. The molecule has 1 heterocycles. The van der Waals surface area contributed by atoms with Gasteiger partial charge in [-0.1, -0.05) is 6.07 Å². The van der Waals surface area contributed by atoms with Crippen LogP contribution in [-0.2, 0) is 11.3 Å². The Hall–Kier alpha value is -2.60. The van der Waals surface area contributed by atoms with Crippen molar-refractivity contribution >= 4 is 17.5 Å². The first kappa shape index (κ1) is 16.3. The summed E-state index contributed by atoms with van der Waals surface area (Å²) in [5, 5.41) is 5.76. The molecular formula is C18H21N3O3. The molecule has 1 aliphatic carbocycles. The molecule has 0 atom stereocenters. The Bertz CT molecular complexity index is 708. The lowest BCUT2D eigenvalue weighted by Crippen LogP contribution is -2.30. The van der Waals surface area contributed by atoms with Gasteiger partial charge in [0.15, 0.2) is 0 Å². The second kappa shape index (κ2) is 7.31. The predicted octanol–water partition coefficient (Wildman–Crippen LogP) is 2.24. The maximum absolute atomic E-state index is 12.1. The van der Waals surface area contributed by atoms with Gasteiger partial charge < -0.3 is 15.1 Å². The quantitative estimate of drug-likeness (QED) is 0.818. The number of amides is 2. The number of hydrogen-bond acceptors (Lipinski definition) is 4. The van der Waals surface area contributed by atoms with Crippen LogP contribution in [0.3, 0.4) is 0 Å². The molecule has 2 amide bonds. The number of likely N-dealkylation sites (N-methyl/N-ethyl adjacent to an activating group) is 1. The number of anilines is 1. The van der Waals surface area contributed by atoms with E-state index >= 15 is 0 Å². The molecule has 6 nitrogen and oxygen atoms in total. The highest BCUT2D eigenvalue weighted by Crippen LogP contribution is 2.20. The number of carbonyl (C=O) groups excluding carboxylic acids is 2. The average molecular weight is 327 g/mol. The lowest BCUT2D eigenvalue weighted by atomic mass is 10.2.